The van der Waals surface area contributed by atoms with Gasteiger partial charge >= 0.3 is 0 Å². The van der Waals surface area contributed by atoms with Crippen molar-refractivity contribution in [2.75, 3.05) is 11.9 Å². The first-order valence-electron chi connectivity index (χ1n) is 5.03. The Morgan fingerprint density at radius 2 is 2.36 bits per heavy atom. The molecule has 0 saturated heterocycles. The first-order valence-corrected chi connectivity index (χ1v) is 5.03. The Morgan fingerprint density at radius 1 is 1.57 bits per heavy atom. The third-order valence-corrected chi connectivity index (χ3v) is 2.74. The predicted octanol–water partition coefficient (Wildman–Crippen LogP) is 2.35. The van der Waals surface area contributed by atoms with E-state index >= 15 is 0 Å². The number of benzene rings is 1. The molecule has 1 unspecified atom stereocenters. The summed E-state index contributed by atoms with van der Waals surface area (Å²) in [7, 11) is 0. The number of para-hydroxylation sites is 1. The van der Waals surface area contributed by atoms with Gasteiger partial charge in [0.15, 0.2) is 0 Å². The maximum Gasteiger partial charge on any atom is 0.134 e. The monoisotopic (exact) mass is 189 g/mol. The fraction of sp³-hybridized carbons (Fsp3) is 0.417. The SMILES string of the molecule is CC(=O)Cc1cccc2c1NCC2C. The molecule has 14 heavy (non-hydrogen) atoms. The van der Waals surface area contributed by atoms with Crippen LogP contribution < -0.4 is 5.32 Å². The Hall–Kier alpha value is -1.31. The van der Waals surface area contributed by atoms with Gasteiger partial charge < -0.3 is 5.32 Å². The van der Waals surface area contributed by atoms with E-state index in [0.29, 0.717) is 12.3 Å². The summed E-state index contributed by atoms with van der Waals surface area (Å²) in [5.41, 5.74) is 3.68. The minimum Gasteiger partial charge on any atom is -0.384 e. The molecule has 0 fully saturated rings. The van der Waals surface area contributed by atoms with Gasteiger partial charge in [0.25, 0.3) is 0 Å². The van der Waals surface area contributed by atoms with Gasteiger partial charge in [-0.05, 0) is 18.1 Å². The number of nitrogens with one attached hydrogen (secondary N) is 1. The fourth-order valence-electron chi connectivity index (χ4n) is 2.03. The Morgan fingerprint density at radius 3 is 3.07 bits per heavy atom. The number of hydrogen-bond donors (Lipinski definition) is 1. The Kier molecular flexibility index (Phi) is 2.28. The van der Waals surface area contributed by atoms with E-state index < -0.39 is 0 Å². The molecule has 2 nitrogen and oxygen atoms in total. The van der Waals surface area contributed by atoms with Crippen LogP contribution in [0.2, 0.25) is 0 Å². The molecule has 0 saturated carbocycles. The molecule has 0 aromatic heterocycles. The highest BCUT2D eigenvalue weighted by Crippen LogP contribution is 2.33. The van der Waals surface area contributed by atoms with E-state index in [4.69, 9.17) is 0 Å². The first-order chi connectivity index (χ1) is 6.68. The lowest BCUT2D eigenvalue weighted by Gasteiger charge is -2.07. The van der Waals surface area contributed by atoms with Crippen LogP contribution in [0.3, 0.4) is 0 Å². The number of anilines is 1. The molecule has 2 heteroatoms. The number of carbonyl (C=O) groups is 1. The Bertz CT molecular complexity index is 371. The van der Waals surface area contributed by atoms with Crippen molar-refractivity contribution in [2.24, 2.45) is 0 Å². The van der Waals surface area contributed by atoms with Crippen molar-refractivity contribution in [3.8, 4) is 0 Å². The zero-order chi connectivity index (χ0) is 10.1. The smallest absolute Gasteiger partial charge is 0.134 e. The highest BCUT2D eigenvalue weighted by molar-refractivity contribution is 5.81. The molecule has 1 aromatic rings. The summed E-state index contributed by atoms with van der Waals surface area (Å²) >= 11 is 0. The number of hydrogen-bond acceptors (Lipinski definition) is 2. The van der Waals surface area contributed by atoms with Gasteiger partial charge in [0.05, 0.1) is 0 Å². The molecular weight excluding hydrogens is 174 g/mol. The van der Waals surface area contributed by atoms with E-state index in [-0.39, 0.29) is 5.78 Å². The van der Waals surface area contributed by atoms with E-state index in [1.54, 1.807) is 6.92 Å². The molecule has 0 amide bonds. The summed E-state index contributed by atoms with van der Waals surface area (Å²) in [6.45, 7) is 4.83. The lowest BCUT2D eigenvalue weighted by atomic mass is 9.99. The summed E-state index contributed by atoms with van der Waals surface area (Å²) in [6, 6.07) is 6.22. The van der Waals surface area contributed by atoms with Crippen LogP contribution in [0.5, 0.6) is 0 Å². The number of fused-ring (bicyclic) bond motifs is 1. The lowest BCUT2D eigenvalue weighted by molar-refractivity contribution is -0.116. The van der Waals surface area contributed by atoms with E-state index in [1.807, 2.05) is 12.1 Å². The van der Waals surface area contributed by atoms with Crippen LogP contribution in [-0.2, 0) is 11.2 Å². The predicted molar refractivity (Wildman–Crippen MR) is 57.7 cm³/mol. The minimum atomic E-state index is 0.222. The quantitative estimate of drug-likeness (QED) is 0.773. The van der Waals surface area contributed by atoms with Crippen LogP contribution in [-0.4, -0.2) is 12.3 Å². The van der Waals surface area contributed by atoms with Crippen molar-refractivity contribution < 1.29 is 4.79 Å². The molecule has 1 aliphatic rings. The van der Waals surface area contributed by atoms with Gasteiger partial charge in [-0.15, -0.1) is 0 Å². The Balaban J connectivity index is 2.39. The molecular formula is C12H15NO. The summed E-state index contributed by atoms with van der Waals surface area (Å²) in [4.78, 5) is 11.1. The van der Waals surface area contributed by atoms with Gasteiger partial charge in [-0.2, -0.15) is 0 Å². The van der Waals surface area contributed by atoms with Crippen molar-refractivity contribution in [3.63, 3.8) is 0 Å². The topological polar surface area (TPSA) is 29.1 Å². The molecule has 0 spiro atoms. The standard InChI is InChI=1S/C12H15NO/c1-8-7-13-12-10(6-9(2)14)4-3-5-11(8)12/h3-5,8,13H,6-7H2,1-2H3. The van der Waals surface area contributed by atoms with E-state index in [9.17, 15) is 4.79 Å². The van der Waals surface area contributed by atoms with Gasteiger partial charge in [-0.3, -0.25) is 4.79 Å². The minimum absolute atomic E-state index is 0.222. The van der Waals surface area contributed by atoms with Crippen LogP contribution in [0.25, 0.3) is 0 Å². The maximum absolute atomic E-state index is 11.1. The fourth-order valence-corrected chi connectivity index (χ4v) is 2.03. The molecule has 1 atom stereocenters. The number of ketones is 1. The third kappa shape index (κ3) is 1.52. The normalized spacial score (nSPS) is 18.9. The molecule has 1 N–H and O–H groups in total. The highest BCUT2D eigenvalue weighted by atomic mass is 16.1. The second-order valence-corrected chi connectivity index (χ2v) is 4.04. The van der Waals surface area contributed by atoms with Gasteiger partial charge in [0.2, 0.25) is 0 Å². The van der Waals surface area contributed by atoms with E-state index in [0.717, 1.165) is 12.1 Å². The van der Waals surface area contributed by atoms with Gasteiger partial charge in [0, 0.05) is 24.6 Å². The summed E-state index contributed by atoms with van der Waals surface area (Å²) in [6.07, 6.45) is 0.545. The van der Waals surface area contributed by atoms with Gasteiger partial charge in [-0.25, -0.2) is 0 Å². The van der Waals surface area contributed by atoms with Gasteiger partial charge in [0.1, 0.15) is 5.78 Å². The van der Waals surface area contributed by atoms with Crippen molar-refractivity contribution in [1.82, 2.24) is 0 Å². The van der Waals surface area contributed by atoms with Crippen molar-refractivity contribution in [1.29, 1.82) is 0 Å². The number of rotatable bonds is 2. The van der Waals surface area contributed by atoms with Crippen LogP contribution in [0.1, 0.15) is 30.9 Å². The van der Waals surface area contributed by atoms with E-state index in [2.05, 4.69) is 18.3 Å². The third-order valence-electron chi connectivity index (χ3n) is 2.74. The lowest BCUT2D eigenvalue weighted by Crippen LogP contribution is -2.01. The van der Waals surface area contributed by atoms with Gasteiger partial charge in [-0.1, -0.05) is 25.1 Å². The Labute approximate surface area is 84.3 Å². The van der Waals surface area contributed by atoms with Crippen molar-refractivity contribution in [3.05, 3.63) is 29.3 Å². The molecule has 2 rings (SSSR count). The number of carbonyl (C=O) groups excluding carboxylic acids is 1. The highest BCUT2D eigenvalue weighted by Gasteiger charge is 2.20. The largest absolute Gasteiger partial charge is 0.384 e. The average Bonchev–Trinajstić information content (AvgIpc) is 2.49. The summed E-state index contributed by atoms with van der Waals surface area (Å²) in [5, 5.41) is 3.37. The van der Waals surface area contributed by atoms with Crippen LogP contribution in [0.15, 0.2) is 18.2 Å². The summed E-state index contributed by atoms with van der Waals surface area (Å²) < 4.78 is 0. The second kappa shape index (κ2) is 3.45. The first kappa shape index (κ1) is 9.25. The molecule has 0 radical (unpaired) electrons. The van der Waals surface area contributed by atoms with Crippen LogP contribution in [0.4, 0.5) is 5.69 Å². The van der Waals surface area contributed by atoms with E-state index in [1.165, 1.54) is 11.3 Å². The molecule has 1 aliphatic heterocycles. The summed E-state index contributed by atoms with van der Waals surface area (Å²) in [5.74, 6) is 0.789. The molecule has 74 valence electrons. The zero-order valence-corrected chi connectivity index (χ0v) is 8.63. The van der Waals surface area contributed by atoms with Crippen LogP contribution >= 0.6 is 0 Å². The molecule has 1 heterocycles. The number of Topliss-reactive ketones (excluding diaryl/α,β-unsaturated/α-hetero) is 1. The van der Waals surface area contributed by atoms with Crippen molar-refractivity contribution in [2.45, 2.75) is 26.2 Å². The molecule has 1 aromatic carbocycles. The van der Waals surface area contributed by atoms with Crippen molar-refractivity contribution >= 4 is 11.5 Å². The zero-order valence-electron chi connectivity index (χ0n) is 8.63. The second-order valence-electron chi connectivity index (χ2n) is 4.04. The molecule has 0 bridgehead atoms. The maximum atomic E-state index is 11.1. The molecule has 0 aliphatic carbocycles. The van der Waals surface area contributed by atoms with Crippen LogP contribution in [0, 0.1) is 0 Å². The average molecular weight is 189 g/mol.